The zero-order chi connectivity index (χ0) is 16.1. The average molecular weight is 303 g/mol. The maximum Gasteiger partial charge on any atom is 0.249 e. The molecule has 0 saturated heterocycles. The van der Waals surface area contributed by atoms with Crippen molar-refractivity contribution in [2.24, 2.45) is 0 Å². The first-order valence-corrected chi connectivity index (χ1v) is 7.37. The van der Waals surface area contributed by atoms with Gasteiger partial charge in [-0.05, 0) is 36.3 Å². The number of anilines is 1. The normalized spacial score (nSPS) is 10.8. The minimum atomic E-state index is -0.205. The first-order valence-electron chi connectivity index (χ1n) is 7.37. The third-order valence-electron chi connectivity index (χ3n) is 3.33. The minimum absolute atomic E-state index is 0.205. The van der Waals surface area contributed by atoms with Crippen molar-refractivity contribution in [3.05, 3.63) is 84.1 Å². The smallest absolute Gasteiger partial charge is 0.249 e. The van der Waals surface area contributed by atoms with Gasteiger partial charge in [-0.3, -0.25) is 4.79 Å². The topological polar surface area (TPSA) is 46.9 Å². The molecule has 0 atom stereocenters. The van der Waals surface area contributed by atoms with Crippen molar-refractivity contribution in [2.45, 2.75) is 6.92 Å². The maximum absolute atomic E-state index is 11.9. The number of benzene rings is 2. The van der Waals surface area contributed by atoms with Gasteiger partial charge in [0.05, 0.1) is 5.69 Å². The van der Waals surface area contributed by atoms with Crippen LogP contribution in [-0.2, 0) is 4.79 Å². The highest BCUT2D eigenvalue weighted by Gasteiger charge is 2.03. The summed E-state index contributed by atoms with van der Waals surface area (Å²) >= 11 is 0. The number of nitrogens with one attached hydrogen (secondary N) is 1. The van der Waals surface area contributed by atoms with Gasteiger partial charge in [0.1, 0.15) is 0 Å². The van der Waals surface area contributed by atoms with Crippen LogP contribution >= 0.6 is 0 Å². The van der Waals surface area contributed by atoms with E-state index in [-0.39, 0.29) is 5.91 Å². The summed E-state index contributed by atoms with van der Waals surface area (Å²) in [5, 5.41) is 7.13. The van der Waals surface area contributed by atoms with Crippen LogP contribution in [0.2, 0.25) is 0 Å². The number of amides is 1. The summed E-state index contributed by atoms with van der Waals surface area (Å²) in [6.07, 6.45) is 5.10. The van der Waals surface area contributed by atoms with Gasteiger partial charge in [-0.15, -0.1) is 0 Å². The van der Waals surface area contributed by atoms with Gasteiger partial charge in [-0.1, -0.05) is 42.5 Å². The number of nitrogens with zero attached hydrogens (tertiary/aromatic N) is 2. The molecule has 1 aromatic heterocycles. The summed E-state index contributed by atoms with van der Waals surface area (Å²) in [5.41, 5.74) is 3.10. The highest BCUT2D eigenvalue weighted by molar-refractivity contribution is 6.01. The standard InChI is InChI=1S/C19H17N3O/c1-15-6-5-9-17(14-15)22-13-12-18(21-22)20-19(23)11-10-16-7-3-2-4-8-16/h2-14H,1H3,(H,20,21,23)/b11-10+. The zero-order valence-electron chi connectivity index (χ0n) is 12.8. The number of carbonyl (C=O) groups is 1. The summed E-state index contributed by atoms with van der Waals surface area (Å²) in [6.45, 7) is 2.03. The zero-order valence-corrected chi connectivity index (χ0v) is 12.8. The number of hydrogen-bond donors (Lipinski definition) is 1. The summed E-state index contributed by atoms with van der Waals surface area (Å²) in [6, 6.07) is 19.5. The molecule has 3 rings (SSSR count). The largest absolute Gasteiger partial charge is 0.306 e. The second-order valence-corrected chi connectivity index (χ2v) is 5.22. The minimum Gasteiger partial charge on any atom is -0.306 e. The van der Waals surface area contributed by atoms with Crippen LogP contribution in [0.3, 0.4) is 0 Å². The van der Waals surface area contributed by atoms with Gasteiger partial charge in [-0.25, -0.2) is 4.68 Å². The SMILES string of the molecule is Cc1cccc(-n2ccc(NC(=O)/C=C/c3ccccc3)n2)c1. The number of carbonyl (C=O) groups excluding carboxylic acids is 1. The van der Waals surface area contributed by atoms with Crippen LogP contribution in [0.5, 0.6) is 0 Å². The van der Waals surface area contributed by atoms with E-state index in [4.69, 9.17) is 0 Å². The molecular weight excluding hydrogens is 286 g/mol. The molecule has 4 nitrogen and oxygen atoms in total. The molecule has 4 heteroatoms. The fourth-order valence-electron chi connectivity index (χ4n) is 2.21. The van der Waals surface area contributed by atoms with E-state index < -0.39 is 0 Å². The van der Waals surface area contributed by atoms with Crippen molar-refractivity contribution in [1.29, 1.82) is 0 Å². The lowest BCUT2D eigenvalue weighted by Crippen LogP contribution is -2.08. The highest BCUT2D eigenvalue weighted by atomic mass is 16.1. The summed E-state index contributed by atoms with van der Waals surface area (Å²) in [5.74, 6) is 0.317. The predicted molar refractivity (Wildman–Crippen MR) is 92.4 cm³/mol. The molecule has 0 unspecified atom stereocenters. The molecule has 0 aliphatic carbocycles. The van der Waals surface area contributed by atoms with E-state index >= 15 is 0 Å². The second kappa shape index (κ2) is 6.75. The first-order chi connectivity index (χ1) is 11.2. The van der Waals surface area contributed by atoms with Crippen LogP contribution < -0.4 is 5.32 Å². The molecule has 0 spiro atoms. The van der Waals surface area contributed by atoms with Crippen LogP contribution in [-0.4, -0.2) is 15.7 Å². The second-order valence-electron chi connectivity index (χ2n) is 5.22. The maximum atomic E-state index is 11.9. The Morgan fingerprint density at radius 3 is 2.70 bits per heavy atom. The predicted octanol–water partition coefficient (Wildman–Crippen LogP) is 3.83. The molecule has 0 saturated carbocycles. The van der Waals surface area contributed by atoms with E-state index in [2.05, 4.69) is 10.4 Å². The molecule has 0 aliphatic rings. The van der Waals surface area contributed by atoms with E-state index in [9.17, 15) is 4.79 Å². The molecule has 3 aromatic rings. The third-order valence-corrected chi connectivity index (χ3v) is 3.33. The summed E-state index contributed by atoms with van der Waals surface area (Å²) < 4.78 is 1.74. The molecular formula is C19H17N3O. The number of aromatic nitrogens is 2. The van der Waals surface area contributed by atoms with Gasteiger partial charge < -0.3 is 5.32 Å². The van der Waals surface area contributed by atoms with Crippen molar-refractivity contribution in [2.75, 3.05) is 5.32 Å². The number of rotatable bonds is 4. The van der Waals surface area contributed by atoms with Gasteiger partial charge in [0, 0.05) is 18.3 Å². The summed E-state index contributed by atoms with van der Waals surface area (Å²) in [4.78, 5) is 11.9. The van der Waals surface area contributed by atoms with E-state index in [1.165, 1.54) is 6.08 Å². The lowest BCUT2D eigenvalue weighted by molar-refractivity contribution is -0.111. The summed E-state index contributed by atoms with van der Waals surface area (Å²) in [7, 11) is 0. The van der Waals surface area contributed by atoms with E-state index in [0.717, 1.165) is 16.8 Å². The Labute approximate surface area is 135 Å². The van der Waals surface area contributed by atoms with Gasteiger partial charge in [0.15, 0.2) is 5.82 Å². The Hall–Kier alpha value is -3.14. The van der Waals surface area contributed by atoms with E-state index in [1.54, 1.807) is 16.8 Å². The van der Waals surface area contributed by atoms with Crippen LogP contribution in [0.15, 0.2) is 72.9 Å². The quantitative estimate of drug-likeness (QED) is 0.745. The fraction of sp³-hybridized carbons (Fsp3) is 0.0526. The molecule has 0 aliphatic heterocycles. The fourth-order valence-corrected chi connectivity index (χ4v) is 2.21. The van der Waals surface area contributed by atoms with Crippen molar-refractivity contribution in [3.63, 3.8) is 0 Å². The molecule has 1 N–H and O–H groups in total. The van der Waals surface area contributed by atoms with Crippen molar-refractivity contribution < 1.29 is 4.79 Å². The Morgan fingerprint density at radius 2 is 1.91 bits per heavy atom. The van der Waals surface area contributed by atoms with Crippen molar-refractivity contribution in [3.8, 4) is 5.69 Å². The molecule has 0 radical (unpaired) electrons. The van der Waals surface area contributed by atoms with Crippen molar-refractivity contribution in [1.82, 2.24) is 9.78 Å². The van der Waals surface area contributed by atoms with E-state index in [0.29, 0.717) is 5.82 Å². The lowest BCUT2D eigenvalue weighted by atomic mass is 10.2. The van der Waals surface area contributed by atoms with Crippen LogP contribution in [0.4, 0.5) is 5.82 Å². The molecule has 23 heavy (non-hydrogen) atoms. The molecule has 1 heterocycles. The Balaban J connectivity index is 1.67. The molecule has 2 aromatic carbocycles. The van der Waals surface area contributed by atoms with Crippen LogP contribution in [0.25, 0.3) is 11.8 Å². The van der Waals surface area contributed by atoms with Gasteiger partial charge >= 0.3 is 0 Å². The monoisotopic (exact) mass is 303 g/mol. The Bertz CT molecular complexity index is 835. The van der Waals surface area contributed by atoms with Gasteiger partial charge in [0.2, 0.25) is 5.91 Å². The molecule has 0 fully saturated rings. The molecule has 1 amide bonds. The Morgan fingerprint density at radius 1 is 1.09 bits per heavy atom. The van der Waals surface area contributed by atoms with Crippen LogP contribution in [0, 0.1) is 6.92 Å². The molecule has 114 valence electrons. The molecule has 0 bridgehead atoms. The Kier molecular flexibility index (Phi) is 4.34. The lowest BCUT2D eigenvalue weighted by Gasteiger charge is -2.02. The highest BCUT2D eigenvalue weighted by Crippen LogP contribution is 2.12. The third kappa shape index (κ3) is 3.95. The van der Waals surface area contributed by atoms with Gasteiger partial charge in [-0.2, -0.15) is 5.10 Å². The first kappa shape index (κ1) is 14.8. The van der Waals surface area contributed by atoms with Crippen molar-refractivity contribution >= 4 is 17.8 Å². The van der Waals surface area contributed by atoms with Crippen LogP contribution in [0.1, 0.15) is 11.1 Å². The van der Waals surface area contributed by atoms with E-state index in [1.807, 2.05) is 67.7 Å². The number of hydrogen-bond acceptors (Lipinski definition) is 2. The van der Waals surface area contributed by atoms with Gasteiger partial charge in [0.25, 0.3) is 0 Å². The average Bonchev–Trinajstić information content (AvgIpc) is 3.02. The number of aryl methyl sites for hydroxylation is 1.